The quantitative estimate of drug-likeness (QED) is 0.899. The molecule has 1 N–H and O–H groups in total. The molecule has 0 saturated heterocycles. The van der Waals surface area contributed by atoms with Crippen LogP contribution in [0.5, 0.6) is 0 Å². The van der Waals surface area contributed by atoms with Gasteiger partial charge in [-0.3, -0.25) is 0 Å². The Morgan fingerprint density at radius 3 is 2.56 bits per heavy atom. The van der Waals surface area contributed by atoms with Crippen LogP contribution in [0.1, 0.15) is 29.4 Å². The van der Waals surface area contributed by atoms with E-state index in [-0.39, 0.29) is 5.41 Å². The minimum Gasteiger partial charge on any atom is -0.319 e. The summed E-state index contributed by atoms with van der Waals surface area (Å²) in [7, 11) is 1.95. The van der Waals surface area contributed by atoms with E-state index in [1.807, 2.05) is 13.1 Å². The van der Waals surface area contributed by atoms with Gasteiger partial charge in [0.2, 0.25) is 0 Å². The Hall–Kier alpha value is -1.26. The van der Waals surface area contributed by atoms with Gasteiger partial charge in [0.25, 0.3) is 0 Å². The summed E-state index contributed by atoms with van der Waals surface area (Å²) >= 11 is 1.71. The molecule has 18 heavy (non-hydrogen) atoms. The van der Waals surface area contributed by atoms with Crippen molar-refractivity contribution in [3.05, 3.63) is 45.9 Å². The van der Waals surface area contributed by atoms with E-state index in [2.05, 4.69) is 53.6 Å². The average Bonchev–Trinajstić information content (AvgIpc) is 2.87. The van der Waals surface area contributed by atoms with Crippen LogP contribution in [0.2, 0.25) is 0 Å². The molecule has 0 unspecified atom stereocenters. The number of benzene rings is 1. The largest absolute Gasteiger partial charge is 0.319 e. The highest BCUT2D eigenvalue weighted by atomic mass is 32.1. The molecule has 3 nitrogen and oxygen atoms in total. The number of hydrogen-bond acceptors (Lipinski definition) is 4. The summed E-state index contributed by atoms with van der Waals surface area (Å²) in [5.41, 5.74) is 1.21. The predicted octanol–water partition coefficient (Wildman–Crippen LogP) is 2.63. The van der Waals surface area contributed by atoms with Crippen LogP contribution < -0.4 is 5.32 Å². The van der Waals surface area contributed by atoms with Crippen LogP contribution in [0.15, 0.2) is 30.3 Å². The minimum atomic E-state index is -0.0726. The topological polar surface area (TPSA) is 37.8 Å². The Balaban J connectivity index is 2.22. The van der Waals surface area contributed by atoms with Gasteiger partial charge in [0, 0.05) is 18.4 Å². The maximum Gasteiger partial charge on any atom is 0.127 e. The lowest BCUT2D eigenvalue weighted by atomic mass is 9.85. The van der Waals surface area contributed by atoms with Gasteiger partial charge >= 0.3 is 0 Å². The summed E-state index contributed by atoms with van der Waals surface area (Å²) in [5.74, 6) is 0. The Morgan fingerprint density at radius 2 is 1.89 bits per heavy atom. The molecule has 0 aliphatic heterocycles. The third kappa shape index (κ3) is 2.76. The lowest BCUT2D eigenvalue weighted by Crippen LogP contribution is -2.18. The van der Waals surface area contributed by atoms with Crippen molar-refractivity contribution in [2.24, 2.45) is 0 Å². The fourth-order valence-corrected chi connectivity index (χ4v) is 2.78. The van der Waals surface area contributed by atoms with Crippen molar-refractivity contribution < 1.29 is 0 Å². The fraction of sp³-hybridized carbons (Fsp3) is 0.429. The molecule has 0 fully saturated rings. The standard InChI is InChI=1S/C14H19N3S/c1-14(2,11-7-5-4-6-8-11)13-17-16-12(18-13)9-10-15-3/h4-8,15H,9-10H2,1-3H3. The molecule has 0 saturated carbocycles. The van der Waals surface area contributed by atoms with Gasteiger partial charge in [0.05, 0.1) is 0 Å². The molecule has 1 aromatic carbocycles. The number of aromatic nitrogens is 2. The van der Waals surface area contributed by atoms with E-state index in [4.69, 9.17) is 0 Å². The molecule has 0 amide bonds. The molecule has 4 heteroatoms. The third-order valence-corrected chi connectivity index (χ3v) is 4.39. The molecule has 1 aromatic heterocycles. The van der Waals surface area contributed by atoms with Crippen LogP contribution >= 0.6 is 11.3 Å². The SMILES string of the molecule is CNCCc1nnc(C(C)(C)c2ccccc2)s1. The maximum atomic E-state index is 4.36. The molecule has 0 bridgehead atoms. The number of likely N-dealkylation sites (N-methyl/N-ethyl adjacent to an activating group) is 1. The van der Waals surface area contributed by atoms with E-state index >= 15 is 0 Å². The van der Waals surface area contributed by atoms with Gasteiger partial charge in [-0.2, -0.15) is 0 Å². The average molecular weight is 261 g/mol. The zero-order chi connectivity index (χ0) is 13.0. The lowest BCUT2D eigenvalue weighted by Gasteiger charge is -2.21. The van der Waals surface area contributed by atoms with Crippen LogP contribution in [0.25, 0.3) is 0 Å². The Kier molecular flexibility index (Phi) is 4.09. The summed E-state index contributed by atoms with van der Waals surface area (Å²) in [6.45, 7) is 5.34. The van der Waals surface area contributed by atoms with Crippen molar-refractivity contribution >= 4 is 11.3 Å². The summed E-state index contributed by atoms with van der Waals surface area (Å²) in [6.07, 6.45) is 0.943. The first-order chi connectivity index (χ1) is 8.64. The second-order valence-corrected chi connectivity index (χ2v) is 5.91. The number of nitrogens with one attached hydrogen (secondary N) is 1. The van der Waals surface area contributed by atoms with Crippen molar-refractivity contribution in [2.75, 3.05) is 13.6 Å². The lowest BCUT2D eigenvalue weighted by molar-refractivity contribution is 0.625. The van der Waals surface area contributed by atoms with Crippen LogP contribution in [0.3, 0.4) is 0 Å². The smallest absolute Gasteiger partial charge is 0.127 e. The summed E-state index contributed by atoms with van der Waals surface area (Å²) in [6, 6.07) is 10.5. The first-order valence-electron chi connectivity index (χ1n) is 6.17. The van der Waals surface area contributed by atoms with Crippen molar-refractivity contribution in [1.29, 1.82) is 0 Å². The van der Waals surface area contributed by atoms with E-state index in [1.54, 1.807) is 11.3 Å². The number of rotatable bonds is 5. The summed E-state index contributed by atoms with van der Waals surface area (Å²) < 4.78 is 0. The van der Waals surface area contributed by atoms with Crippen molar-refractivity contribution in [2.45, 2.75) is 25.7 Å². The van der Waals surface area contributed by atoms with Crippen LogP contribution in [-0.2, 0) is 11.8 Å². The molecule has 1 heterocycles. The van der Waals surface area contributed by atoms with Crippen molar-refractivity contribution in [3.63, 3.8) is 0 Å². The first kappa shape index (κ1) is 13.2. The number of hydrogen-bond donors (Lipinski definition) is 1. The Labute approximate surface area is 112 Å². The van der Waals surface area contributed by atoms with Crippen LogP contribution in [0, 0.1) is 0 Å². The van der Waals surface area contributed by atoms with Gasteiger partial charge < -0.3 is 5.32 Å². The zero-order valence-electron chi connectivity index (χ0n) is 11.1. The van der Waals surface area contributed by atoms with Crippen molar-refractivity contribution in [3.8, 4) is 0 Å². The molecule has 96 valence electrons. The summed E-state index contributed by atoms with van der Waals surface area (Å²) in [4.78, 5) is 0. The highest BCUT2D eigenvalue weighted by Crippen LogP contribution is 2.33. The second kappa shape index (κ2) is 5.59. The van der Waals surface area contributed by atoms with Gasteiger partial charge in [-0.1, -0.05) is 30.3 Å². The van der Waals surface area contributed by atoms with E-state index < -0.39 is 0 Å². The highest BCUT2D eigenvalue weighted by molar-refractivity contribution is 7.11. The van der Waals surface area contributed by atoms with E-state index in [0.29, 0.717) is 0 Å². The molecular formula is C14H19N3S. The molecule has 0 aliphatic carbocycles. The Bertz CT molecular complexity index is 491. The van der Waals surface area contributed by atoms with Gasteiger partial charge in [-0.15, -0.1) is 21.5 Å². The predicted molar refractivity (Wildman–Crippen MR) is 76.1 cm³/mol. The van der Waals surface area contributed by atoms with Crippen LogP contribution in [0.4, 0.5) is 0 Å². The fourth-order valence-electron chi connectivity index (χ4n) is 1.82. The normalized spacial score (nSPS) is 11.7. The van der Waals surface area contributed by atoms with E-state index in [9.17, 15) is 0 Å². The maximum absolute atomic E-state index is 4.36. The highest BCUT2D eigenvalue weighted by Gasteiger charge is 2.27. The van der Waals surface area contributed by atoms with Crippen molar-refractivity contribution in [1.82, 2.24) is 15.5 Å². The molecular weight excluding hydrogens is 242 g/mol. The number of nitrogens with zero attached hydrogens (tertiary/aromatic N) is 2. The van der Waals surface area contributed by atoms with Gasteiger partial charge in [0.15, 0.2) is 0 Å². The molecule has 2 rings (SSSR count). The minimum absolute atomic E-state index is 0.0726. The second-order valence-electron chi connectivity index (χ2n) is 4.85. The van der Waals surface area contributed by atoms with Gasteiger partial charge in [-0.25, -0.2) is 0 Å². The Morgan fingerprint density at radius 1 is 1.17 bits per heavy atom. The molecule has 0 radical (unpaired) electrons. The van der Waals surface area contributed by atoms with Gasteiger partial charge in [0.1, 0.15) is 10.0 Å². The van der Waals surface area contributed by atoms with Gasteiger partial charge in [-0.05, 0) is 26.5 Å². The zero-order valence-corrected chi connectivity index (χ0v) is 11.9. The molecule has 0 atom stereocenters. The van der Waals surface area contributed by atoms with E-state index in [0.717, 1.165) is 23.0 Å². The summed E-state index contributed by atoms with van der Waals surface area (Å²) in [5, 5.41) is 14.0. The molecule has 0 aliphatic rings. The molecule has 2 aromatic rings. The van der Waals surface area contributed by atoms with Crippen LogP contribution in [-0.4, -0.2) is 23.8 Å². The first-order valence-corrected chi connectivity index (χ1v) is 6.99. The van der Waals surface area contributed by atoms with E-state index in [1.165, 1.54) is 5.56 Å². The monoisotopic (exact) mass is 261 g/mol. The molecule has 0 spiro atoms. The third-order valence-electron chi connectivity index (χ3n) is 3.09.